The fraction of sp³-hybridized carbons (Fsp3) is 0.353. The van der Waals surface area contributed by atoms with E-state index in [1.165, 1.54) is 0 Å². The van der Waals surface area contributed by atoms with Gasteiger partial charge in [-0.05, 0) is 44.2 Å². The van der Waals surface area contributed by atoms with Crippen LogP contribution in [0.3, 0.4) is 0 Å². The number of aromatic nitrogens is 1. The number of nitrogens with zero attached hydrogens (tertiary/aromatic N) is 1. The number of benzene rings is 1. The van der Waals surface area contributed by atoms with Crippen LogP contribution in [0.5, 0.6) is 11.5 Å². The molecule has 0 amide bonds. The predicted octanol–water partition coefficient (Wildman–Crippen LogP) is 3.02. The number of ether oxygens (including phenoxy) is 2. The number of hydrogen-bond donors (Lipinski definition) is 1. The average molecular weight is 286 g/mol. The first kappa shape index (κ1) is 15.3. The zero-order valence-electron chi connectivity index (χ0n) is 13.2. The standard InChI is InChI=1S/C17H22N2O2/c1-11-9-12(2)16(19-10-11)17(18-3)15-13(20-4)7-6-8-14(15)21-5/h6-10,17-18H,1-5H3. The molecule has 0 spiro atoms. The van der Waals surface area contributed by atoms with Gasteiger partial charge in [0.05, 0.1) is 31.5 Å². The van der Waals surface area contributed by atoms with Crippen LogP contribution in [0.15, 0.2) is 30.5 Å². The van der Waals surface area contributed by atoms with Crippen LogP contribution in [0.25, 0.3) is 0 Å². The summed E-state index contributed by atoms with van der Waals surface area (Å²) in [7, 11) is 5.25. The molecule has 1 atom stereocenters. The highest BCUT2D eigenvalue weighted by Crippen LogP contribution is 2.37. The van der Waals surface area contributed by atoms with Gasteiger partial charge in [-0.1, -0.05) is 12.1 Å². The maximum Gasteiger partial charge on any atom is 0.127 e. The molecule has 1 aromatic carbocycles. The van der Waals surface area contributed by atoms with Gasteiger partial charge >= 0.3 is 0 Å². The summed E-state index contributed by atoms with van der Waals surface area (Å²) in [5, 5.41) is 3.32. The van der Waals surface area contributed by atoms with Gasteiger partial charge in [-0.3, -0.25) is 4.98 Å². The van der Waals surface area contributed by atoms with Crippen molar-refractivity contribution >= 4 is 0 Å². The Morgan fingerprint density at radius 1 is 1.10 bits per heavy atom. The van der Waals surface area contributed by atoms with E-state index in [-0.39, 0.29) is 6.04 Å². The quantitative estimate of drug-likeness (QED) is 0.917. The van der Waals surface area contributed by atoms with Crippen molar-refractivity contribution in [3.63, 3.8) is 0 Å². The third kappa shape index (κ3) is 3.00. The molecule has 0 fully saturated rings. The van der Waals surface area contributed by atoms with Crippen LogP contribution in [0, 0.1) is 13.8 Å². The number of methoxy groups -OCH3 is 2. The Hall–Kier alpha value is -2.07. The molecule has 0 aliphatic rings. The van der Waals surface area contributed by atoms with Crippen molar-refractivity contribution in [1.29, 1.82) is 0 Å². The summed E-state index contributed by atoms with van der Waals surface area (Å²) in [5.41, 5.74) is 4.23. The van der Waals surface area contributed by atoms with Crippen molar-refractivity contribution in [3.8, 4) is 11.5 Å². The fourth-order valence-electron chi connectivity index (χ4n) is 2.61. The van der Waals surface area contributed by atoms with Gasteiger partial charge in [0, 0.05) is 6.20 Å². The molecule has 0 radical (unpaired) electrons. The molecule has 1 heterocycles. The van der Waals surface area contributed by atoms with E-state index in [2.05, 4.69) is 23.3 Å². The largest absolute Gasteiger partial charge is 0.496 e. The van der Waals surface area contributed by atoms with Gasteiger partial charge in [-0.2, -0.15) is 0 Å². The number of aryl methyl sites for hydroxylation is 2. The number of pyridine rings is 1. The molecule has 4 heteroatoms. The lowest BCUT2D eigenvalue weighted by atomic mass is 9.97. The minimum absolute atomic E-state index is 0.0864. The Morgan fingerprint density at radius 3 is 2.19 bits per heavy atom. The second-order valence-electron chi connectivity index (χ2n) is 5.01. The molecule has 2 aromatic rings. The van der Waals surface area contributed by atoms with Crippen molar-refractivity contribution < 1.29 is 9.47 Å². The monoisotopic (exact) mass is 286 g/mol. The predicted molar refractivity (Wildman–Crippen MR) is 84.2 cm³/mol. The molecular formula is C17H22N2O2. The zero-order valence-corrected chi connectivity index (χ0v) is 13.2. The van der Waals surface area contributed by atoms with E-state index in [4.69, 9.17) is 9.47 Å². The minimum atomic E-state index is -0.0864. The first-order valence-corrected chi connectivity index (χ1v) is 6.93. The molecule has 112 valence electrons. The van der Waals surface area contributed by atoms with E-state index >= 15 is 0 Å². The summed E-state index contributed by atoms with van der Waals surface area (Å²) >= 11 is 0. The molecule has 0 bridgehead atoms. The van der Waals surface area contributed by atoms with Crippen LogP contribution in [0.2, 0.25) is 0 Å². The Labute approximate surface area is 126 Å². The van der Waals surface area contributed by atoms with Crippen molar-refractivity contribution in [2.24, 2.45) is 0 Å². The Bertz CT molecular complexity index is 604. The Morgan fingerprint density at radius 2 is 1.71 bits per heavy atom. The van der Waals surface area contributed by atoms with E-state index in [0.717, 1.165) is 33.9 Å². The van der Waals surface area contributed by atoms with Gasteiger partial charge in [0.1, 0.15) is 11.5 Å². The summed E-state index contributed by atoms with van der Waals surface area (Å²) < 4.78 is 11.0. The topological polar surface area (TPSA) is 43.4 Å². The molecule has 0 saturated heterocycles. The molecule has 2 rings (SSSR count). The third-order valence-corrected chi connectivity index (χ3v) is 3.57. The van der Waals surface area contributed by atoms with Gasteiger partial charge in [0.25, 0.3) is 0 Å². The van der Waals surface area contributed by atoms with Crippen molar-refractivity contribution in [2.75, 3.05) is 21.3 Å². The molecule has 0 saturated carbocycles. The Kier molecular flexibility index (Phi) is 4.81. The minimum Gasteiger partial charge on any atom is -0.496 e. The van der Waals surface area contributed by atoms with Crippen LogP contribution in [-0.2, 0) is 0 Å². The molecule has 1 N–H and O–H groups in total. The summed E-state index contributed by atoms with van der Waals surface area (Å²) in [6, 6.07) is 7.84. The third-order valence-electron chi connectivity index (χ3n) is 3.57. The SMILES string of the molecule is CNC(c1ncc(C)cc1C)c1c(OC)cccc1OC. The zero-order chi connectivity index (χ0) is 15.4. The van der Waals surface area contributed by atoms with Crippen LogP contribution < -0.4 is 14.8 Å². The number of nitrogens with one attached hydrogen (secondary N) is 1. The van der Waals surface area contributed by atoms with E-state index in [0.29, 0.717) is 0 Å². The van der Waals surface area contributed by atoms with Gasteiger partial charge in [-0.15, -0.1) is 0 Å². The van der Waals surface area contributed by atoms with Gasteiger partial charge in [0.2, 0.25) is 0 Å². The molecule has 21 heavy (non-hydrogen) atoms. The highest BCUT2D eigenvalue weighted by molar-refractivity contribution is 5.50. The van der Waals surface area contributed by atoms with Crippen LogP contribution in [0.1, 0.15) is 28.4 Å². The molecule has 0 aliphatic heterocycles. The normalized spacial score (nSPS) is 12.0. The van der Waals surface area contributed by atoms with Crippen molar-refractivity contribution in [3.05, 3.63) is 52.8 Å². The molecular weight excluding hydrogens is 264 g/mol. The van der Waals surface area contributed by atoms with E-state index in [1.54, 1.807) is 14.2 Å². The fourth-order valence-corrected chi connectivity index (χ4v) is 2.61. The highest BCUT2D eigenvalue weighted by atomic mass is 16.5. The van der Waals surface area contributed by atoms with E-state index in [1.807, 2.05) is 38.4 Å². The number of hydrogen-bond acceptors (Lipinski definition) is 4. The summed E-state index contributed by atoms with van der Waals surface area (Å²) in [6.07, 6.45) is 1.88. The molecule has 0 aliphatic carbocycles. The lowest BCUT2D eigenvalue weighted by Crippen LogP contribution is -2.21. The van der Waals surface area contributed by atoms with Crippen molar-refractivity contribution in [1.82, 2.24) is 10.3 Å². The van der Waals surface area contributed by atoms with E-state index < -0.39 is 0 Å². The smallest absolute Gasteiger partial charge is 0.127 e. The lowest BCUT2D eigenvalue weighted by Gasteiger charge is -2.23. The first-order chi connectivity index (χ1) is 10.1. The molecule has 1 unspecified atom stereocenters. The summed E-state index contributed by atoms with van der Waals surface area (Å²) in [4.78, 5) is 4.60. The Balaban J connectivity index is 2.61. The second kappa shape index (κ2) is 6.59. The first-order valence-electron chi connectivity index (χ1n) is 6.93. The lowest BCUT2D eigenvalue weighted by molar-refractivity contribution is 0.378. The van der Waals surface area contributed by atoms with Gasteiger partial charge < -0.3 is 14.8 Å². The van der Waals surface area contributed by atoms with Crippen molar-refractivity contribution in [2.45, 2.75) is 19.9 Å². The van der Waals surface area contributed by atoms with Gasteiger partial charge in [-0.25, -0.2) is 0 Å². The maximum absolute atomic E-state index is 5.51. The molecule has 4 nitrogen and oxygen atoms in total. The molecule has 1 aromatic heterocycles. The maximum atomic E-state index is 5.51. The summed E-state index contributed by atoms with van der Waals surface area (Å²) in [6.45, 7) is 4.11. The summed E-state index contributed by atoms with van der Waals surface area (Å²) in [5.74, 6) is 1.57. The average Bonchev–Trinajstić information content (AvgIpc) is 2.49. The van der Waals surface area contributed by atoms with Crippen LogP contribution in [-0.4, -0.2) is 26.3 Å². The highest BCUT2D eigenvalue weighted by Gasteiger charge is 2.23. The van der Waals surface area contributed by atoms with E-state index in [9.17, 15) is 0 Å². The van der Waals surface area contributed by atoms with Crippen LogP contribution >= 0.6 is 0 Å². The van der Waals surface area contributed by atoms with Crippen LogP contribution in [0.4, 0.5) is 0 Å². The van der Waals surface area contributed by atoms with Gasteiger partial charge in [0.15, 0.2) is 0 Å². The second-order valence-corrected chi connectivity index (χ2v) is 5.01. The number of rotatable bonds is 5.